The van der Waals surface area contributed by atoms with Crippen LogP contribution < -0.4 is 10.6 Å². The normalized spacial score (nSPS) is 9.78. The van der Waals surface area contributed by atoms with Crippen LogP contribution >= 0.6 is 0 Å². The van der Waals surface area contributed by atoms with Gasteiger partial charge in [0.2, 0.25) is 5.91 Å². The lowest BCUT2D eigenvalue weighted by Crippen LogP contribution is -2.21. The first-order valence-electron chi connectivity index (χ1n) is 6.79. The highest BCUT2D eigenvalue weighted by molar-refractivity contribution is 5.96. The van der Waals surface area contributed by atoms with E-state index in [1.165, 1.54) is 19.3 Å². The highest BCUT2D eigenvalue weighted by atomic mass is 16.5. The molecule has 7 heteroatoms. The summed E-state index contributed by atoms with van der Waals surface area (Å²) in [7, 11) is 0. The van der Waals surface area contributed by atoms with Gasteiger partial charge in [-0.25, -0.2) is 4.79 Å². The Kier molecular flexibility index (Phi) is 5.40. The number of amides is 2. The molecular formula is C16H15N3O4. The maximum atomic E-state index is 11.8. The molecule has 0 unspecified atom stereocenters. The molecule has 0 spiro atoms. The Labute approximate surface area is 132 Å². The number of hydrogen-bond acceptors (Lipinski definition) is 5. The number of esters is 1. The summed E-state index contributed by atoms with van der Waals surface area (Å²) >= 11 is 0. The predicted molar refractivity (Wildman–Crippen MR) is 83.9 cm³/mol. The maximum Gasteiger partial charge on any atom is 0.340 e. The topological polar surface area (TPSA) is 97.4 Å². The molecule has 1 heterocycles. The van der Waals surface area contributed by atoms with Crippen LogP contribution in [0.2, 0.25) is 0 Å². The number of pyridine rings is 1. The van der Waals surface area contributed by atoms with Crippen LogP contribution in [0.25, 0.3) is 0 Å². The molecule has 2 amide bonds. The molecule has 0 radical (unpaired) electrons. The Balaban J connectivity index is 1.87. The Bertz CT molecular complexity index is 716. The first kappa shape index (κ1) is 16.2. The van der Waals surface area contributed by atoms with Gasteiger partial charge in [0.05, 0.1) is 5.56 Å². The molecule has 7 nitrogen and oxygen atoms in total. The van der Waals surface area contributed by atoms with E-state index in [2.05, 4.69) is 15.6 Å². The summed E-state index contributed by atoms with van der Waals surface area (Å²) in [6, 6.07) is 9.78. The fourth-order valence-corrected chi connectivity index (χ4v) is 1.77. The van der Waals surface area contributed by atoms with Crippen LogP contribution in [0.5, 0.6) is 0 Å². The van der Waals surface area contributed by atoms with E-state index in [-0.39, 0.29) is 11.5 Å². The summed E-state index contributed by atoms with van der Waals surface area (Å²) in [5.41, 5.74) is 1.31. The number of ether oxygens (including phenoxy) is 1. The highest BCUT2D eigenvalue weighted by Gasteiger charge is 2.10. The van der Waals surface area contributed by atoms with Crippen molar-refractivity contribution in [3.63, 3.8) is 0 Å². The lowest BCUT2D eigenvalue weighted by atomic mass is 10.2. The monoisotopic (exact) mass is 313 g/mol. The molecule has 0 saturated carbocycles. The van der Waals surface area contributed by atoms with Gasteiger partial charge in [-0.2, -0.15) is 0 Å². The lowest BCUT2D eigenvalue weighted by Gasteiger charge is -2.08. The number of benzene rings is 1. The van der Waals surface area contributed by atoms with Gasteiger partial charge in [0.15, 0.2) is 6.61 Å². The molecule has 0 atom stereocenters. The van der Waals surface area contributed by atoms with Gasteiger partial charge in [0.1, 0.15) is 0 Å². The van der Waals surface area contributed by atoms with Crippen LogP contribution in [0.3, 0.4) is 0 Å². The molecule has 23 heavy (non-hydrogen) atoms. The number of hydrogen-bond donors (Lipinski definition) is 2. The van der Waals surface area contributed by atoms with Crippen LogP contribution in [0.4, 0.5) is 11.4 Å². The fraction of sp³-hybridized carbons (Fsp3) is 0.125. The predicted octanol–water partition coefficient (Wildman–Crippen LogP) is 1.84. The van der Waals surface area contributed by atoms with Crippen molar-refractivity contribution in [3.8, 4) is 0 Å². The molecule has 2 N–H and O–H groups in total. The average molecular weight is 313 g/mol. The number of aromatic nitrogens is 1. The van der Waals surface area contributed by atoms with Crippen LogP contribution in [-0.2, 0) is 14.3 Å². The van der Waals surface area contributed by atoms with Crippen molar-refractivity contribution in [3.05, 3.63) is 54.4 Å². The third-order valence-electron chi connectivity index (χ3n) is 2.70. The van der Waals surface area contributed by atoms with Gasteiger partial charge in [-0.1, -0.05) is 6.07 Å². The van der Waals surface area contributed by atoms with Gasteiger partial charge in [-0.3, -0.25) is 14.6 Å². The summed E-state index contributed by atoms with van der Waals surface area (Å²) in [6.45, 7) is 0.973. The Morgan fingerprint density at radius 3 is 2.48 bits per heavy atom. The quantitative estimate of drug-likeness (QED) is 0.821. The molecule has 2 rings (SSSR count). The number of rotatable bonds is 5. The molecule has 1 aromatic carbocycles. The minimum atomic E-state index is -0.625. The largest absolute Gasteiger partial charge is 0.452 e. The molecule has 118 valence electrons. The summed E-state index contributed by atoms with van der Waals surface area (Å²) in [6.07, 6.45) is 2.89. The van der Waals surface area contributed by atoms with E-state index in [1.54, 1.807) is 36.4 Å². The smallest absolute Gasteiger partial charge is 0.340 e. The van der Waals surface area contributed by atoms with Crippen LogP contribution in [0.1, 0.15) is 17.3 Å². The van der Waals surface area contributed by atoms with E-state index < -0.39 is 18.5 Å². The van der Waals surface area contributed by atoms with E-state index >= 15 is 0 Å². The van der Waals surface area contributed by atoms with Crippen molar-refractivity contribution < 1.29 is 19.1 Å². The van der Waals surface area contributed by atoms with Gasteiger partial charge in [-0.15, -0.1) is 0 Å². The highest BCUT2D eigenvalue weighted by Crippen LogP contribution is 2.15. The third-order valence-corrected chi connectivity index (χ3v) is 2.70. The summed E-state index contributed by atoms with van der Waals surface area (Å²) in [5, 5.41) is 5.19. The van der Waals surface area contributed by atoms with Crippen molar-refractivity contribution in [1.82, 2.24) is 4.98 Å². The minimum absolute atomic E-state index is 0.209. The first-order chi connectivity index (χ1) is 11.0. The second kappa shape index (κ2) is 7.69. The molecule has 0 aliphatic rings. The third kappa shape index (κ3) is 5.24. The zero-order chi connectivity index (χ0) is 16.7. The zero-order valence-electron chi connectivity index (χ0n) is 12.4. The van der Waals surface area contributed by atoms with Crippen molar-refractivity contribution >= 4 is 29.2 Å². The minimum Gasteiger partial charge on any atom is -0.452 e. The number of anilines is 2. The second-order valence-electron chi connectivity index (χ2n) is 4.63. The summed E-state index contributed by atoms with van der Waals surface area (Å²) in [4.78, 5) is 38.3. The Hall–Kier alpha value is -3.22. The van der Waals surface area contributed by atoms with Gasteiger partial charge in [0.25, 0.3) is 5.91 Å². The molecule has 2 aromatic rings. The van der Waals surface area contributed by atoms with E-state index in [4.69, 9.17) is 4.74 Å². The molecule has 0 bridgehead atoms. The second-order valence-corrected chi connectivity index (χ2v) is 4.63. The van der Waals surface area contributed by atoms with Gasteiger partial charge < -0.3 is 15.4 Å². The number of nitrogens with one attached hydrogen (secondary N) is 2. The molecule has 1 aromatic heterocycles. The summed E-state index contributed by atoms with van der Waals surface area (Å²) < 4.78 is 4.90. The van der Waals surface area contributed by atoms with E-state index in [0.29, 0.717) is 11.4 Å². The Morgan fingerprint density at radius 1 is 1.09 bits per heavy atom. The van der Waals surface area contributed by atoms with Crippen molar-refractivity contribution in [2.24, 2.45) is 0 Å². The molecule has 0 aliphatic carbocycles. The van der Waals surface area contributed by atoms with Crippen LogP contribution in [-0.4, -0.2) is 29.4 Å². The Morgan fingerprint density at radius 2 is 1.83 bits per heavy atom. The van der Waals surface area contributed by atoms with Gasteiger partial charge in [0, 0.05) is 30.7 Å². The first-order valence-corrected chi connectivity index (χ1v) is 6.79. The molecular weight excluding hydrogens is 298 g/mol. The lowest BCUT2D eigenvalue weighted by molar-refractivity contribution is -0.119. The van der Waals surface area contributed by atoms with Crippen LogP contribution in [0.15, 0.2) is 48.8 Å². The van der Waals surface area contributed by atoms with Crippen molar-refractivity contribution in [1.29, 1.82) is 0 Å². The number of carbonyl (C=O) groups excluding carboxylic acids is 3. The fourth-order valence-electron chi connectivity index (χ4n) is 1.77. The van der Waals surface area contributed by atoms with E-state index in [1.807, 2.05) is 0 Å². The SMILES string of the molecule is CC(=O)Nc1cccc(NC(=O)COC(=O)c2cccnc2)c1. The van der Waals surface area contributed by atoms with Gasteiger partial charge >= 0.3 is 5.97 Å². The number of nitrogens with zero attached hydrogens (tertiary/aromatic N) is 1. The standard InChI is InChI=1S/C16H15N3O4/c1-11(20)18-13-5-2-6-14(8-13)19-15(21)10-23-16(22)12-4-3-7-17-9-12/h2-9H,10H2,1H3,(H,18,20)(H,19,21). The molecule has 0 fully saturated rings. The van der Waals surface area contributed by atoms with Crippen LogP contribution in [0, 0.1) is 0 Å². The average Bonchev–Trinajstić information content (AvgIpc) is 2.53. The van der Waals surface area contributed by atoms with Gasteiger partial charge in [-0.05, 0) is 30.3 Å². The summed E-state index contributed by atoms with van der Waals surface area (Å²) in [5.74, 6) is -1.32. The molecule has 0 saturated heterocycles. The molecule has 0 aliphatic heterocycles. The number of carbonyl (C=O) groups is 3. The zero-order valence-corrected chi connectivity index (χ0v) is 12.4. The van der Waals surface area contributed by atoms with E-state index in [0.717, 1.165) is 0 Å². The maximum absolute atomic E-state index is 11.8. The van der Waals surface area contributed by atoms with Crippen molar-refractivity contribution in [2.45, 2.75) is 6.92 Å². The van der Waals surface area contributed by atoms with Crippen molar-refractivity contribution in [2.75, 3.05) is 17.2 Å². The van der Waals surface area contributed by atoms with E-state index in [9.17, 15) is 14.4 Å².